The summed E-state index contributed by atoms with van der Waals surface area (Å²) < 4.78 is 43.5. The number of rotatable bonds is 6. The maximum Gasteiger partial charge on any atom is 0.416 e. The highest BCUT2D eigenvalue weighted by molar-refractivity contribution is 5.78. The molecule has 26 heavy (non-hydrogen) atoms. The van der Waals surface area contributed by atoms with E-state index < -0.39 is 23.6 Å². The van der Waals surface area contributed by atoms with Gasteiger partial charge < -0.3 is 9.84 Å². The maximum atomic E-state index is 12.7. The van der Waals surface area contributed by atoms with E-state index in [9.17, 15) is 23.1 Å². The molecular formula is C20H19F3O3. The van der Waals surface area contributed by atoms with Crippen LogP contribution < -0.4 is 4.74 Å². The van der Waals surface area contributed by atoms with Gasteiger partial charge in [-0.1, -0.05) is 31.0 Å². The molecule has 0 bridgehead atoms. The van der Waals surface area contributed by atoms with Gasteiger partial charge in [0.2, 0.25) is 0 Å². The van der Waals surface area contributed by atoms with Crippen molar-refractivity contribution in [3.8, 4) is 16.9 Å². The summed E-state index contributed by atoms with van der Waals surface area (Å²) >= 11 is 0. The Hall–Kier alpha value is -2.50. The number of hydrogen-bond donors (Lipinski definition) is 1. The third-order valence-corrected chi connectivity index (χ3v) is 4.68. The fraction of sp³-hybridized carbons (Fsp3) is 0.350. The third-order valence-electron chi connectivity index (χ3n) is 4.68. The standard InChI is InChI=1S/C20H19F3O3/c1-26-17-10-14(13-4-6-16(7-5-13)20(21,22)23)9-15(11-17)18(19(24)25)8-12-2-3-12/h4-7,9-12,18H,2-3,8H2,1H3,(H,24,25). The molecule has 0 aromatic heterocycles. The molecule has 1 atom stereocenters. The Morgan fingerprint density at radius 1 is 1.15 bits per heavy atom. The molecule has 1 unspecified atom stereocenters. The molecule has 0 aliphatic heterocycles. The molecule has 3 nitrogen and oxygen atoms in total. The zero-order valence-corrected chi connectivity index (χ0v) is 14.2. The smallest absolute Gasteiger partial charge is 0.416 e. The van der Waals surface area contributed by atoms with Gasteiger partial charge >= 0.3 is 12.1 Å². The van der Waals surface area contributed by atoms with Crippen LogP contribution in [0, 0.1) is 5.92 Å². The predicted molar refractivity (Wildman–Crippen MR) is 91.1 cm³/mol. The number of alkyl halides is 3. The molecule has 0 saturated heterocycles. The van der Waals surface area contributed by atoms with Gasteiger partial charge in [0.05, 0.1) is 18.6 Å². The fourth-order valence-corrected chi connectivity index (χ4v) is 3.03. The molecule has 1 fully saturated rings. The van der Waals surface area contributed by atoms with Crippen molar-refractivity contribution in [3.63, 3.8) is 0 Å². The van der Waals surface area contributed by atoms with E-state index in [0.717, 1.165) is 25.0 Å². The number of hydrogen-bond acceptors (Lipinski definition) is 2. The quantitative estimate of drug-likeness (QED) is 0.752. The summed E-state index contributed by atoms with van der Waals surface area (Å²) in [4.78, 5) is 11.7. The molecule has 0 spiro atoms. The van der Waals surface area contributed by atoms with Crippen LogP contribution in [-0.4, -0.2) is 18.2 Å². The summed E-state index contributed by atoms with van der Waals surface area (Å²) in [5, 5.41) is 9.59. The van der Waals surface area contributed by atoms with Gasteiger partial charge in [-0.25, -0.2) is 0 Å². The molecule has 2 aromatic rings. The van der Waals surface area contributed by atoms with Gasteiger partial charge in [0.15, 0.2) is 0 Å². The van der Waals surface area contributed by atoms with Gasteiger partial charge in [0.25, 0.3) is 0 Å². The first-order valence-corrected chi connectivity index (χ1v) is 8.37. The minimum absolute atomic E-state index is 0.428. The Morgan fingerprint density at radius 3 is 2.31 bits per heavy atom. The lowest BCUT2D eigenvalue weighted by Gasteiger charge is -2.16. The van der Waals surface area contributed by atoms with Gasteiger partial charge in [-0.15, -0.1) is 0 Å². The molecule has 138 valence electrons. The third kappa shape index (κ3) is 4.18. The fourth-order valence-electron chi connectivity index (χ4n) is 3.03. The monoisotopic (exact) mass is 364 g/mol. The van der Waals surface area contributed by atoms with Crippen LogP contribution in [0.3, 0.4) is 0 Å². The second-order valence-electron chi connectivity index (χ2n) is 6.64. The highest BCUT2D eigenvalue weighted by Gasteiger charge is 2.31. The highest BCUT2D eigenvalue weighted by atomic mass is 19.4. The Morgan fingerprint density at radius 2 is 1.81 bits per heavy atom. The Labute approximate surface area is 149 Å². The molecule has 1 N–H and O–H groups in total. The van der Waals surface area contributed by atoms with E-state index in [4.69, 9.17) is 4.74 Å². The van der Waals surface area contributed by atoms with Crippen molar-refractivity contribution in [1.82, 2.24) is 0 Å². The van der Waals surface area contributed by atoms with E-state index in [1.54, 1.807) is 18.2 Å². The Balaban J connectivity index is 1.97. The van der Waals surface area contributed by atoms with Crippen LogP contribution in [0.5, 0.6) is 5.75 Å². The summed E-state index contributed by atoms with van der Waals surface area (Å²) in [5.41, 5.74) is 1.10. The first-order valence-electron chi connectivity index (χ1n) is 8.37. The van der Waals surface area contributed by atoms with Crippen LogP contribution in [-0.2, 0) is 11.0 Å². The van der Waals surface area contributed by atoms with Crippen LogP contribution in [0.15, 0.2) is 42.5 Å². The van der Waals surface area contributed by atoms with E-state index in [2.05, 4.69) is 0 Å². The van der Waals surface area contributed by atoms with E-state index in [-0.39, 0.29) is 0 Å². The number of methoxy groups -OCH3 is 1. The van der Waals surface area contributed by atoms with Crippen molar-refractivity contribution in [3.05, 3.63) is 53.6 Å². The van der Waals surface area contributed by atoms with Crippen LogP contribution >= 0.6 is 0 Å². The summed E-state index contributed by atoms with van der Waals surface area (Å²) in [6.07, 6.45) is -1.75. The van der Waals surface area contributed by atoms with Gasteiger partial charge in [-0.3, -0.25) is 4.79 Å². The molecule has 0 radical (unpaired) electrons. The van der Waals surface area contributed by atoms with Gasteiger partial charge in [-0.05, 0) is 53.3 Å². The normalized spacial score (nSPS) is 15.5. The summed E-state index contributed by atoms with van der Waals surface area (Å²) in [6, 6.07) is 9.93. The molecule has 2 aromatic carbocycles. The Bertz CT molecular complexity index is 793. The first kappa shape index (κ1) is 18.3. The van der Waals surface area contributed by atoms with Crippen LogP contribution in [0.1, 0.15) is 36.3 Å². The summed E-state index contributed by atoms with van der Waals surface area (Å²) in [6.45, 7) is 0. The van der Waals surface area contributed by atoms with Crippen LogP contribution in [0.25, 0.3) is 11.1 Å². The van der Waals surface area contributed by atoms with E-state index in [1.165, 1.54) is 19.2 Å². The minimum atomic E-state index is -4.39. The van der Waals surface area contributed by atoms with E-state index >= 15 is 0 Å². The number of carboxylic acid groups (broad SMARTS) is 1. The largest absolute Gasteiger partial charge is 0.497 e. The first-order chi connectivity index (χ1) is 12.3. The van der Waals surface area contributed by atoms with Crippen molar-refractivity contribution >= 4 is 5.97 Å². The molecule has 1 aliphatic rings. The van der Waals surface area contributed by atoms with Crippen molar-refractivity contribution in [2.45, 2.75) is 31.4 Å². The van der Waals surface area contributed by atoms with Gasteiger partial charge in [0.1, 0.15) is 5.75 Å². The second-order valence-corrected chi connectivity index (χ2v) is 6.64. The predicted octanol–water partition coefficient (Wildman–Crippen LogP) is 5.35. The molecule has 1 saturated carbocycles. The van der Waals surface area contributed by atoms with E-state index in [0.29, 0.717) is 34.8 Å². The number of ether oxygens (including phenoxy) is 1. The second kappa shape index (κ2) is 7.02. The molecule has 1 aliphatic carbocycles. The topological polar surface area (TPSA) is 46.5 Å². The lowest BCUT2D eigenvalue weighted by molar-refractivity contribution is -0.139. The molecule has 0 heterocycles. The highest BCUT2D eigenvalue weighted by Crippen LogP contribution is 2.40. The SMILES string of the molecule is COc1cc(-c2ccc(C(F)(F)F)cc2)cc(C(CC2CC2)C(=O)O)c1. The van der Waals surface area contributed by atoms with Crippen molar-refractivity contribution < 1.29 is 27.8 Å². The average molecular weight is 364 g/mol. The number of benzene rings is 2. The summed E-state index contributed by atoms with van der Waals surface area (Å²) in [7, 11) is 1.48. The number of aliphatic carboxylic acids is 1. The van der Waals surface area contributed by atoms with Gasteiger partial charge in [-0.2, -0.15) is 13.2 Å². The zero-order chi connectivity index (χ0) is 18.9. The number of halogens is 3. The van der Waals surface area contributed by atoms with Crippen LogP contribution in [0.4, 0.5) is 13.2 Å². The van der Waals surface area contributed by atoms with Crippen molar-refractivity contribution in [1.29, 1.82) is 0 Å². The van der Waals surface area contributed by atoms with Crippen molar-refractivity contribution in [2.24, 2.45) is 5.92 Å². The number of carbonyl (C=O) groups is 1. The molecule has 3 rings (SSSR count). The van der Waals surface area contributed by atoms with Crippen molar-refractivity contribution in [2.75, 3.05) is 7.11 Å². The summed E-state index contributed by atoms with van der Waals surface area (Å²) in [5.74, 6) is -0.634. The molecule has 6 heteroatoms. The Kier molecular flexibility index (Phi) is 4.94. The van der Waals surface area contributed by atoms with Crippen LogP contribution in [0.2, 0.25) is 0 Å². The molecular weight excluding hydrogens is 345 g/mol. The average Bonchev–Trinajstić information content (AvgIpc) is 3.42. The lowest BCUT2D eigenvalue weighted by Crippen LogP contribution is -2.12. The molecule has 0 amide bonds. The zero-order valence-electron chi connectivity index (χ0n) is 14.2. The van der Waals surface area contributed by atoms with E-state index in [1.807, 2.05) is 0 Å². The number of carboxylic acids is 1. The maximum absolute atomic E-state index is 12.7. The lowest BCUT2D eigenvalue weighted by atomic mass is 9.90. The van der Waals surface area contributed by atoms with Gasteiger partial charge in [0, 0.05) is 0 Å². The minimum Gasteiger partial charge on any atom is -0.497 e.